The molecule has 0 aromatic carbocycles. The highest BCUT2D eigenvalue weighted by molar-refractivity contribution is 6.12. The van der Waals surface area contributed by atoms with Gasteiger partial charge in [-0.2, -0.15) is 0 Å². The molecule has 2 unspecified atom stereocenters. The highest BCUT2D eigenvalue weighted by atomic mass is 28.1. The lowest BCUT2D eigenvalue weighted by Gasteiger charge is -2.48. The molecule has 90 valence electrons. The molecule has 2 atom stereocenters. The van der Waals surface area contributed by atoms with E-state index in [1.54, 1.807) is 0 Å². The third kappa shape index (κ3) is 3.09. The molecule has 0 nitrogen and oxygen atoms in total. The van der Waals surface area contributed by atoms with Crippen molar-refractivity contribution in [2.24, 2.45) is 22.7 Å². The smallest absolute Gasteiger partial charge is 0.00748 e. The lowest BCUT2D eigenvalue weighted by molar-refractivity contribution is 0.0846. The summed E-state index contributed by atoms with van der Waals surface area (Å²) in [7, 11) is 1.38. The average molecular weight is 226 g/mol. The quantitative estimate of drug-likeness (QED) is 0.553. The van der Waals surface area contributed by atoms with Gasteiger partial charge in [0.15, 0.2) is 0 Å². The fourth-order valence-corrected chi connectivity index (χ4v) is 6.47. The van der Waals surface area contributed by atoms with Gasteiger partial charge in [0.05, 0.1) is 0 Å². The van der Waals surface area contributed by atoms with Crippen LogP contribution in [0.5, 0.6) is 0 Å². The lowest BCUT2D eigenvalue weighted by atomic mass is 9.63. The monoisotopic (exact) mass is 226 g/mol. The van der Waals surface area contributed by atoms with Gasteiger partial charge in [0.2, 0.25) is 0 Å². The molecular formula is C14H30Si. The summed E-state index contributed by atoms with van der Waals surface area (Å²) in [5.74, 6) is 1.95. The molecule has 0 heterocycles. The molecule has 1 fully saturated rings. The Hall–Kier alpha value is 0.217. The standard InChI is InChI=1S/C14H30Si/c1-13(2,3)10-8-7-9-11(12(10)15)14(4,5)6/h10-12H,7-9H2,1-6,15H3. The molecule has 0 aliphatic heterocycles. The van der Waals surface area contributed by atoms with Gasteiger partial charge < -0.3 is 0 Å². The summed E-state index contributed by atoms with van der Waals surface area (Å²) in [6.07, 6.45) is 4.41. The van der Waals surface area contributed by atoms with Crippen molar-refractivity contribution in [1.29, 1.82) is 0 Å². The van der Waals surface area contributed by atoms with Crippen LogP contribution in [0.25, 0.3) is 0 Å². The van der Waals surface area contributed by atoms with E-state index >= 15 is 0 Å². The highest BCUT2D eigenvalue weighted by Gasteiger charge is 2.40. The molecule has 1 saturated carbocycles. The first-order valence-electron chi connectivity index (χ1n) is 6.64. The zero-order valence-corrected chi connectivity index (χ0v) is 13.9. The fraction of sp³-hybridized carbons (Fsp3) is 1.00. The summed E-state index contributed by atoms with van der Waals surface area (Å²) in [5.41, 5.74) is 2.07. The minimum atomic E-state index is 0.524. The molecule has 0 radical (unpaired) electrons. The highest BCUT2D eigenvalue weighted by Crippen LogP contribution is 2.51. The van der Waals surface area contributed by atoms with Gasteiger partial charge in [-0.1, -0.05) is 48.0 Å². The molecule has 1 rings (SSSR count). The molecule has 1 heteroatoms. The molecule has 0 amide bonds. The van der Waals surface area contributed by atoms with Crippen LogP contribution < -0.4 is 0 Å². The van der Waals surface area contributed by atoms with Crippen molar-refractivity contribution >= 4 is 10.2 Å². The molecule has 1 aliphatic rings. The van der Waals surface area contributed by atoms with Gasteiger partial charge in [-0.25, -0.2) is 0 Å². The Balaban J connectivity index is 2.81. The Morgan fingerprint density at radius 2 is 1.13 bits per heavy atom. The first kappa shape index (κ1) is 13.3. The van der Waals surface area contributed by atoms with Gasteiger partial charge in [0.1, 0.15) is 0 Å². The summed E-state index contributed by atoms with van der Waals surface area (Å²) in [5, 5.41) is 0. The summed E-state index contributed by atoms with van der Waals surface area (Å²) in [6.45, 7) is 14.6. The molecule has 0 N–H and O–H groups in total. The third-order valence-corrected chi connectivity index (χ3v) is 6.13. The van der Waals surface area contributed by atoms with Crippen LogP contribution in [0.3, 0.4) is 0 Å². The van der Waals surface area contributed by atoms with Crippen molar-refractivity contribution in [3.63, 3.8) is 0 Å². The van der Waals surface area contributed by atoms with Crippen molar-refractivity contribution in [3.05, 3.63) is 0 Å². The van der Waals surface area contributed by atoms with E-state index in [1.165, 1.54) is 29.5 Å². The second-order valence-electron chi connectivity index (χ2n) is 7.74. The fourth-order valence-electron chi connectivity index (χ4n) is 3.81. The SMILES string of the molecule is CC(C)(C)C1CCCC(C(C)(C)C)C1[SiH3]. The maximum atomic E-state index is 2.44. The van der Waals surface area contributed by atoms with Crippen molar-refractivity contribution in [2.75, 3.05) is 0 Å². The van der Waals surface area contributed by atoms with Crippen molar-refractivity contribution in [1.82, 2.24) is 0 Å². The third-order valence-electron chi connectivity index (χ3n) is 4.52. The Labute approximate surface area is 99.6 Å². The topological polar surface area (TPSA) is 0 Å². The van der Waals surface area contributed by atoms with Gasteiger partial charge in [-0.3, -0.25) is 0 Å². The van der Waals surface area contributed by atoms with E-state index < -0.39 is 0 Å². The first-order chi connectivity index (χ1) is 6.64. The predicted octanol–water partition coefficient (Wildman–Crippen LogP) is 3.65. The van der Waals surface area contributed by atoms with Crippen LogP contribution in [0, 0.1) is 22.7 Å². The van der Waals surface area contributed by atoms with E-state index in [1.807, 2.05) is 0 Å². The summed E-state index contributed by atoms with van der Waals surface area (Å²) >= 11 is 0. The van der Waals surface area contributed by atoms with Crippen LogP contribution in [-0.4, -0.2) is 10.2 Å². The molecular weight excluding hydrogens is 196 g/mol. The average Bonchev–Trinajstić information content (AvgIpc) is 1.99. The lowest BCUT2D eigenvalue weighted by Crippen LogP contribution is -2.38. The van der Waals surface area contributed by atoms with Crippen LogP contribution in [-0.2, 0) is 0 Å². The summed E-state index contributed by atoms with van der Waals surface area (Å²) in [4.78, 5) is 0. The Kier molecular flexibility index (Phi) is 3.75. The maximum absolute atomic E-state index is 2.44. The van der Waals surface area contributed by atoms with Gasteiger partial charge in [-0.05, 0) is 41.0 Å². The van der Waals surface area contributed by atoms with E-state index in [0.29, 0.717) is 10.8 Å². The first-order valence-corrected chi connectivity index (χ1v) is 7.79. The molecule has 15 heavy (non-hydrogen) atoms. The van der Waals surface area contributed by atoms with Gasteiger partial charge in [0.25, 0.3) is 0 Å². The summed E-state index contributed by atoms with van der Waals surface area (Å²) in [6, 6.07) is 0. The second-order valence-corrected chi connectivity index (χ2v) is 9.07. The predicted molar refractivity (Wildman–Crippen MR) is 73.4 cm³/mol. The second kappa shape index (κ2) is 4.23. The Bertz CT molecular complexity index is 184. The largest absolute Gasteiger partial charge is 0.0599 e. The molecule has 1 aliphatic carbocycles. The number of hydrogen-bond acceptors (Lipinski definition) is 0. The molecule has 0 bridgehead atoms. The van der Waals surface area contributed by atoms with Crippen LogP contribution >= 0.6 is 0 Å². The minimum Gasteiger partial charge on any atom is -0.0599 e. The van der Waals surface area contributed by atoms with E-state index in [4.69, 9.17) is 0 Å². The molecule has 0 aromatic rings. The van der Waals surface area contributed by atoms with E-state index in [0.717, 1.165) is 17.4 Å². The van der Waals surface area contributed by atoms with E-state index in [9.17, 15) is 0 Å². The normalized spacial score (nSPS) is 34.4. The van der Waals surface area contributed by atoms with Crippen molar-refractivity contribution in [3.8, 4) is 0 Å². The van der Waals surface area contributed by atoms with Crippen LogP contribution in [0.2, 0.25) is 5.54 Å². The van der Waals surface area contributed by atoms with Crippen molar-refractivity contribution in [2.45, 2.75) is 66.3 Å². The Morgan fingerprint density at radius 3 is 1.40 bits per heavy atom. The minimum absolute atomic E-state index is 0.524. The number of hydrogen-bond donors (Lipinski definition) is 0. The van der Waals surface area contributed by atoms with Gasteiger partial charge >= 0.3 is 0 Å². The van der Waals surface area contributed by atoms with Crippen LogP contribution in [0.15, 0.2) is 0 Å². The number of rotatable bonds is 0. The van der Waals surface area contributed by atoms with Crippen LogP contribution in [0.1, 0.15) is 60.8 Å². The van der Waals surface area contributed by atoms with E-state index in [2.05, 4.69) is 41.5 Å². The molecule has 0 aromatic heterocycles. The molecule has 0 saturated heterocycles. The van der Waals surface area contributed by atoms with Gasteiger partial charge in [-0.15, -0.1) is 0 Å². The van der Waals surface area contributed by atoms with E-state index in [-0.39, 0.29) is 0 Å². The summed E-state index contributed by atoms with van der Waals surface area (Å²) < 4.78 is 0. The maximum Gasteiger partial charge on any atom is 0.00748 e. The van der Waals surface area contributed by atoms with Crippen LogP contribution in [0.4, 0.5) is 0 Å². The zero-order valence-electron chi connectivity index (χ0n) is 11.9. The zero-order chi connectivity index (χ0) is 11.9. The molecule has 0 spiro atoms. The Morgan fingerprint density at radius 1 is 0.800 bits per heavy atom. The van der Waals surface area contributed by atoms with Gasteiger partial charge in [0, 0.05) is 10.2 Å². The van der Waals surface area contributed by atoms with Crippen molar-refractivity contribution < 1.29 is 0 Å².